The zero-order valence-electron chi connectivity index (χ0n) is 14.6. The number of nitrogens with zero attached hydrogens (tertiary/aromatic N) is 4. The number of likely N-dealkylation sites (tertiary alicyclic amines) is 1. The zero-order valence-corrected chi connectivity index (χ0v) is 14.6. The molecule has 1 amide bonds. The standard InChI is InChI=1S/C19H26N4O/c1-15-12-21(13-18-6-4-3-5-17(18)11-20)14-19(15)23-9-7-22(8-10-23)16(2)24/h3-6,15,19H,7-10,12-14H2,1-2H3/t15-,19+/m0/s1. The highest BCUT2D eigenvalue weighted by Gasteiger charge is 2.35. The lowest BCUT2D eigenvalue weighted by atomic mass is 10.0. The van der Waals surface area contributed by atoms with Gasteiger partial charge in [-0.15, -0.1) is 0 Å². The van der Waals surface area contributed by atoms with Gasteiger partial charge in [0.15, 0.2) is 0 Å². The summed E-state index contributed by atoms with van der Waals surface area (Å²) < 4.78 is 0. The summed E-state index contributed by atoms with van der Waals surface area (Å²) in [5.74, 6) is 0.798. The van der Waals surface area contributed by atoms with Gasteiger partial charge in [-0.1, -0.05) is 25.1 Å². The highest BCUT2D eigenvalue weighted by Crippen LogP contribution is 2.25. The molecule has 0 aliphatic carbocycles. The first kappa shape index (κ1) is 16.9. The Morgan fingerprint density at radius 3 is 2.58 bits per heavy atom. The maximum absolute atomic E-state index is 11.5. The van der Waals surface area contributed by atoms with Crippen molar-refractivity contribution in [3.05, 3.63) is 35.4 Å². The fourth-order valence-corrected chi connectivity index (χ4v) is 4.03. The minimum Gasteiger partial charge on any atom is -0.340 e. The Kier molecular flexibility index (Phi) is 5.17. The summed E-state index contributed by atoms with van der Waals surface area (Å²) >= 11 is 0. The Bertz CT molecular complexity index is 630. The maximum atomic E-state index is 11.5. The number of piperazine rings is 1. The molecule has 0 spiro atoms. The molecule has 0 aromatic heterocycles. The van der Waals surface area contributed by atoms with Gasteiger partial charge in [0.1, 0.15) is 0 Å². The van der Waals surface area contributed by atoms with Crippen molar-refractivity contribution in [3.63, 3.8) is 0 Å². The smallest absolute Gasteiger partial charge is 0.219 e. The van der Waals surface area contributed by atoms with E-state index in [0.29, 0.717) is 12.0 Å². The summed E-state index contributed by atoms with van der Waals surface area (Å²) in [6.45, 7) is 10.6. The second-order valence-corrected chi connectivity index (χ2v) is 7.05. The van der Waals surface area contributed by atoms with Crippen molar-refractivity contribution in [1.82, 2.24) is 14.7 Å². The maximum Gasteiger partial charge on any atom is 0.219 e. The number of rotatable bonds is 3. The molecule has 0 N–H and O–H groups in total. The number of nitriles is 1. The van der Waals surface area contributed by atoms with Gasteiger partial charge in [-0.05, 0) is 17.5 Å². The molecule has 2 aliphatic rings. The molecule has 5 heteroatoms. The molecule has 2 heterocycles. The summed E-state index contributed by atoms with van der Waals surface area (Å²) in [5.41, 5.74) is 1.90. The Morgan fingerprint density at radius 2 is 1.92 bits per heavy atom. The van der Waals surface area contributed by atoms with Gasteiger partial charge in [0.25, 0.3) is 0 Å². The predicted octanol–water partition coefficient (Wildman–Crippen LogP) is 1.54. The number of amides is 1. The van der Waals surface area contributed by atoms with Gasteiger partial charge >= 0.3 is 0 Å². The molecule has 128 valence electrons. The average molecular weight is 326 g/mol. The van der Waals surface area contributed by atoms with Gasteiger partial charge in [-0.3, -0.25) is 14.6 Å². The average Bonchev–Trinajstić information content (AvgIpc) is 2.96. The monoisotopic (exact) mass is 326 g/mol. The van der Waals surface area contributed by atoms with Crippen LogP contribution in [-0.4, -0.2) is 65.9 Å². The summed E-state index contributed by atoms with van der Waals surface area (Å²) in [4.78, 5) is 18.4. The van der Waals surface area contributed by atoms with Crippen molar-refractivity contribution in [1.29, 1.82) is 5.26 Å². The van der Waals surface area contributed by atoms with Crippen LogP contribution in [-0.2, 0) is 11.3 Å². The fourth-order valence-electron chi connectivity index (χ4n) is 4.03. The van der Waals surface area contributed by atoms with Crippen LogP contribution < -0.4 is 0 Å². The summed E-state index contributed by atoms with van der Waals surface area (Å²) in [6.07, 6.45) is 0. The molecule has 3 rings (SSSR count). The minimum atomic E-state index is 0.184. The number of benzene rings is 1. The van der Waals surface area contributed by atoms with E-state index in [0.717, 1.165) is 56.9 Å². The molecule has 2 fully saturated rings. The van der Waals surface area contributed by atoms with Crippen LogP contribution >= 0.6 is 0 Å². The molecular formula is C19H26N4O. The molecule has 2 saturated heterocycles. The second kappa shape index (κ2) is 7.33. The molecular weight excluding hydrogens is 300 g/mol. The molecule has 5 nitrogen and oxygen atoms in total. The Morgan fingerprint density at radius 1 is 1.21 bits per heavy atom. The third-order valence-corrected chi connectivity index (χ3v) is 5.41. The van der Waals surface area contributed by atoms with Crippen molar-refractivity contribution in [2.45, 2.75) is 26.4 Å². The van der Waals surface area contributed by atoms with E-state index in [9.17, 15) is 10.1 Å². The van der Waals surface area contributed by atoms with Gasteiger partial charge in [0.05, 0.1) is 11.6 Å². The lowest BCUT2D eigenvalue weighted by Crippen LogP contribution is -2.53. The van der Waals surface area contributed by atoms with E-state index in [2.05, 4.69) is 28.9 Å². The van der Waals surface area contributed by atoms with E-state index >= 15 is 0 Å². The number of hydrogen-bond donors (Lipinski definition) is 0. The van der Waals surface area contributed by atoms with E-state index in [1.165, 1.54) is 0 Å². The van der Waals surface area contributed by atoms with Gasteiger partial charge in [-0.25, -0.2) is 0 Å². The van der Waals surface area contributed by atoms with Crippen molar-refractivity contribution < 1.29 is 4.79 Å². The Hall–Kier alpha value is -1.90. The molecule has 24 heavy (non-hydrogen) atoms. The van der Waals surface area contributed by atoms with Crippen molar-refractivity contribution >= 4 is 5.91 Å². The van der Waals surface area contributed by atoms with Crippen LogP contribution in [0.1, 0.15) is 25.0 Å². The molecule has 1 aromatic rings. The number of carbonyl (C=O) groups excluding carboxylic acids is 1. The largest absolute Gasteiger partial charge is 0.340 e. The normalized spacial score (nSPS) is 25.6. The predicted molar refractivity (Wildman–Crippen MR) is 93.2 cm³/mol. The highest BCUT2D eigenvalue weighted by molar-refractivity contribution is 5.73. The lowest BCUT2D eigenvalue weighted by molar-refractivity contribution is -0.130. The van der Waals surface area contributed by atoms with Crippen LogP contribution in [0, 0.1) is 17.2 Å². The molecule has 0 bridgehead atoms. The van der Waals surface area contributed by atoms with Crippen LogP contribution in [0.15, 0.2) is 24.3 Å². The molecule has 0 unspecified atom stereocenters. The van der Waals surface area contributed by atoms with Gasteiger partial charge in [0, 0.05) is 58.8 Å². The third kappa shape index (κ3) is 3.61. The second-order valence-electron chi connectivity index (χ2n) is 7.05. The lowest BCUT2D eigenvalue weighted by Gasteiger charge is -2.39. The molecule has 0 saturated carbocycles. The van der Waals surface area contributed by atoms with Crippen LogP contribution in [0.25, 0.3) is 0 Å². The van der Waals surface area contributed by atoms with Crippen molar-refractivity contribution in [3.8, 4) is 6.07 Å². The zero-order chi connectivity index (χ0) is 17.1. The van der Waals surface area contributed by atoms with Gasteiger partial charge < -0.3 is 4.90 Å². The van der Waals surface area contributed by atoms with E-state index in [-0.39, 0.29) is 5.91 Å². The minimum absolute atomic E-state index is 0.184. The van der Waals surface area contributed by atoms with Crippen molar-refractivity contribution in [2.24, 2.45) is 5.92 Å². The van der Waals surface area contributed by atoms with E-state index in [1.54, 1.807) is 6.92 Å². The summed E-state index contributed by atoms with van der Waals surface area (Å²) in [6, 6.07) is 10.7. The quantitative estimate of drug-likeness (QED) is 0.845. The SMILES string of the molecule is CC(=O)N1CCN([C@@H]2CN(Cc3ccccc3C#N)C[C@@H]2C)CC1. The molecule has 2 atom stereocenters. The van der Waals surface area contributed by atoms with Crippen LogP contribution in [0.5, 0.6) is 0 Å². The summed E-state index contributed by atoms with van der Waals surface area (Å²) in [7, 11) is 0. The van der Waals surface area contributed by atoms with E-state index in [1.807, 2.05) is 23.1 Å². The van der Waals surface area contributed by atoms with E-state index in [4.69, 9.17) is 0 Å². The first-order valence-corrected chi connectivity index (χ1v) is 8.78. The molecule has 0 radical (unpaired) electrons. The summed E-state index contributed by atoms with van der Waals surface area (Å²) in [5, 5.41) is 9.26. The van der Waals surface area contributed by atoms with Crippen LogP contribution in [0.4, 0.5) is 0 Å². The first-order chi connectivity index (χ1) is 11.6. The van der Waals surface area contributed by atoms with Gasteiger partial charge in [0.2, 0.25) is 5.91 Å². The Balaban J connectivity index is 1.59. The Labute approximate surface area is 144 Å². The van der Waals surface area contributed by atoms with Crippen LogP contribution in [0.2, 0.25) is 0 Å². The van der Waals surface area contributed by atoms with E-state index < -0.39 is 0 Å². The number of carbonyl (C=O) groups is 1. The fraction of sp³-hybridized carbons (Fsp3) is 0.579. The molecule has 2 aliphatic heterocycles. The first-order valence-electron chi connectivity index (χ1n) is 8.78. The number of hydrogen-bond acceptors (Lipinski definition) is 4. The topological polar surface area (TPSA) is 50.6 Å². The van der Waals surface area contributed by atoms with Gasteiger partial charge in [-0.2, -0.15) is 5.26 Å². The highest BCUT2D eigenvalue weighted by atomic mass is 16.2. The third-order valence-electron chi connectivity index (χ3n) is 5.41. The van der Waals surface area contributed by atoms with Crippen LogP contribution in [0.3, 0.4) is 0 Å². The van der Waals surface area contributed by atoms with Crippen molar-refractivity contribution in [2.75, 3.05) is 39.3 Å². The molecule has 1 aromatic carbocycles.